The van der Waals surface area contributed by atoms with Crippen molar-refractivity contribution >= 4 is 23.0 Å². The van der Waals surface area contributed by atoms with Crippen molar-refractivity contribution < 1.29 is 4.39 Å². The molecule has 1 aliphatic heterocycles. The lowest BCUT2D eigenvalue weighted by atomic mass is 10.1. The summed E-state index contributed by atoms with van der Waals surface area (Å²) < 4.78 is 13.7. The van der Waals surface area contributed by atoms with Crippen molar-refractivity contribution in [1.82, 2.24) is 9.97 Å². The van der Waals surface area contributed by atoms with Crippen LogP contribution in [0, 0.1) is 5.82 Å². The van der Waals surface area contributed by atoms with E-state index in [1.54, 1.807) is 18.2 Å². The van der Waals surface area contributed by atoms with Crippen molar-refractivity contribution in [2.75, 3.05) is 29.0 Å². The van der Waals surface area contributed by atoms with Crippen LogP contribution in [0.2, 0.25) is 0 Å². The summed E-state index contributed by atoms with van der Waals surface area (Å²) in [5.74, 6) is 0.828. The Morgan fingerprint density at radius 3 is 2.62 bits per heavy atom. The number of rotatable bonds is 3. The van der Waals surface area contributed by atoms with Crippen molar-refractivity contribution in [3.63, 3.8) is 0 Å². The average molecular weight is 287 g/mol. The lowest BCUT2D eigenvalue weighted by Crippen LogP contribution is -2.31. The number of aromatic nitrogens is 2. The summed E-state index contributed by atoms with van der Waals surface area (Å²) in [7, 11) is 0. The van der Waals surface area contributed by atoms with Crippen LogP contribution in [-0.2, 0) is 0 Å². The van der Waals surface area contributed by atoms with Gasteiger partial charge in [-0.05, 0) is 31.4 Å². The predicted molar refractivity (Wildman–Crippen MR) is 82.2 cm³/mol. The molecule has 5 nitrogen and oxygen atoms in total. The second-order valence-corrected chi connectivity index (χ2v) is 5.11. The molecular formula is C15H18FN5. The van der Waals surface area contributed by atoms with Gasteiger partial charge in [0.1, 0.15) is 17.8 Å². The molecule has 0 aliphatic carbocycles. The van der Waals surface area contributed by atoms with E-state index in [9.17, 15) is 4.39 Å². The summed E-state index contributed by atoms with van der Waals surface area (Å²) in [6.07, 6.45) is 4.98. The van der Waals surface area contributed by atoms with Gasteiger partial charge in [0.15, 0.2) is 11.6 Å². The maximum Gasteiger partial charge on any atom is 0.159 e. The molecule has 2 heterocycles. The normalized spacial score (nSPS) is 15.0. The average Bonchev–Trinajstić information content (AvgIpc) is 2.52. The molecule has 0 unspecified atom stereocenters. The molecule has 1 aromatic carbocycles. The fraction of sp³-hybridized carbons (Fsp3) is 0.333. The summed E-state index contributed by atoms with van der Waals surface area (Å²) in [5, 5.41) is 2.94. The van der Waals surface area contributed by atoms with Gasteiger partial charge in [0, 0.05) is 13.1 Å². The quantitative estimate of drug-likeness (QED) is 0.908. The van der Waals surface area contributed by atoms with Gasteiger partial charge in [0.05, 0.1) is 5.69 Å². The summed E-state index contributed by atoms with van der Waals surface area (Å²) in [6.45, 7) is 1.89. The van der Waals surface area contributed by atoms with E-state index in [1.165, 1.54) is 18.8 Å². The maximum absolute atomic E-state index is 13.7. The predicted octanol–water partition coefficient (Wildman–Crippen LogP) is 2.93. The van der Waals surface area contributed by atoms with Crippen molar-refractivity contribution in [3.8, 4) is 0 Å². The molecule has 3 rings (SSSR count). The van der Waals surface area contributed by atoms with Crippen molar-refractivity contribution in [2.45, 2.75) is 19.3 Å². The highest BCUT2D eigenvalue weighted by Crippen LogP contribution is 2.30. The topological polar surface area (TPSA) is 67.1 Å². The number of nitrogen functional groups attached to an aromatic ring is 1. The van der Waals surface area contributed by atoms with E-state index in [4.69, 9.17) is 5.73 Å². The Kier molecular flexibility index (Phi) is 3.85. The molecule has 3 N–H and O–H groups in total. The number of para-hydroxylation sites is 1. The minimum atomic E-state index is -0.338. The molecule has 0 spiro atoms. The van der Waals surface area contributed by atoms with E-state index >= 15 is 0 Å². The fourth-order valence-electron chi connectivity index (χ4n) is 2.53. The Morgan fingerprint density at radius 2 is 1.86 bits per heavy atom. The van der Waals surface area contributed by atoms with Crippen molar-refractivity contribution in [3.05, 3.63) is 36.4 Å². The smallest absolute Gasteiger partial charge is 0.159 e. The molecule has 1 saturated heterocycles. The van der Waals surface area contributed by atoms with Gasteiger partial charge in [-0.2, -0.15) is 0 Å². The molecular weight excluding hydrogens is 269 g/mol. The molecule has 0 saturated carbocycles. The first-order chi connectivity index (χ1) is 10.3. The third kappa shape index (κ3) is 2.89. The number of hydrogen-bond acceptors (Lipinski definition) is 5. The number of hydrogen-bond donors (Lipinski definition) is 2. The Hall–Kier alpha value is -2.37. The standard InChI is InChI=1S/C15H18FN5/c16-11-6-2-3-7-12(11)20-14-13(17)15(19-10-18-14)21-8-4-1-5-9-21/h2-3,6-7,10H,1,4-5,8-9,17H2,(H,18,19,20). The summed E-state index contributed by atoms with van der Waals surface area (Å²) >= 11 is 0. The number of nitrogens with two attached hydrogens (primary N) is 1. The number of nitrogens with one attached hydrogen (secondary N) is 1. The lowest BCUT2D eigenvalue weighted by molar-refractivity contribution is 0.573. The molecule has 0 bridgehead atoms. The van der Waals surface area contributed by atoms with E-state index < -0.39 is 0 Å². The maximum atomic E-state index is 13.7. The second-order valence-electron chi connectivity index (χ2n) is 5.11. The molecule has 1 aromatic heterocycles. The molecule has 21 heavy (non-hydrogen) atoms. The molecule has 6 heteroatoms. The highest BCUT2D eigenvalue weighted by atomic mass is 19.1. The Balaban J connectivity index is 1.88. The number of benzene rings is 1. The molecule has 2 aromatic rings. The Morgan fingerprint density at radius 1 is 1.10 bits per heavy atom. The van der Waals surface area contributed by atoms with Gasteiger partial charge in [0.2, 0.25) is 0 Å². The van der Waals surface area contributed by atoms with E-state index in [0.29, 0.717) is 17.2 Å². The van der Waals surface area contributed by atoms with Gasteiger partial charge in [-0.25, -0.2) is 14.4 Å². The highest BCUT2D eigenvalue weighted by Gasteiger charge is 2.17. The van der Waals surface area contributed by atoms with E-state index in [-0.39, 0.29) is 5.82 Å². The molecule has 0 amide bonds. The third-order valence-electron chi connectivity index (χ3n) is 3.65. The number of nitrogens with zero attached hydrogens (tertiary/aromatic N) is 3. The van der Waals surface area contributed by atoms with E-state index in [2.05, 4.69) is 20.2 Å². The molecule has 1 aliphatic rings. The minimum absolute atomic E-state index is 0.338. The molecule has 0 radical (unpaired) electrons. The zero-order chi connectivity index (χ0) is 14.7. The van der Waals surface area contributed by atoms with Gasteiger partial charge in [-0.3, -0.25) is 0 Å². The van der Waals surface area contributed by atoms with Crippen LogP contribution in [0.25, 0.3) is 0 Å². The first-order valence-electron chi connectivity index (χ1n) is 7.12. The van der Waals surface area contributed by atoms with Gasteiger partial charge in [0.25, 0.3) is 0 Å². The van der Waals surface area contributed by atoms with Crippen LogP contribution in [-0.4, -0.2) is 23.1 Å². The van der Waals surface area contributed by atoms with Gasteiger partial charge < -0.3 is 16.0 Å². The summed E-state index contributed by atoms with van der Waals surface area (Å²) in [4.78, 5) is 10.6. The third-order valence-corrected chi connectivity index (χ3v) is 3.65. The number of anilines is 4. The van der Waals surface area contributed by atoms with Crippen molar-refractivity contribution in [1.29, 1.82) is 0 Å². The first kappa shape index (κ1) is 13.6. The van der Waals surface area contributed by atoms with Crippen LogP contribution >= 0.6 is 0 Å². The fourth-order valence-corrected chi connectivity index (χ4v) is 2.53. The van der Waals surface area contributed by atoms with Gasteiger partial charge >= 0.3 is 0 Å². The van der Waals surface area contributed by atoms with Crippen LogP contribution in [0.5, 0.6) is 0 Å². The first-order valence-corrected chi connectivity index (χ1v) is 7.12. The SMILES string of the molecule is Nc1c(Nc2ccccc2F)ncnc1N1CCCCC1. The van der Waals surface area contributed by atoms with Crippen LogP contribution in [0.1, 0.15) is 19.3 Å². The highest BCUT2D eigenvalue weighted by molar-refractivity contribution is 5.78. The summed E-state index contributed by atoms with van der Waals surface area (Å²) in [5.41, 5.74) is 6.98. The van der Waals surface area contributed by atoms with Crippen LogP contribution in [0.15, 0.2) is 30.6 Å². The largest absolute Gasteiger partial charge is 0.393 e. The van der Waals surface area contributed by atoms with Crippen LogP contribution in [0.4, 0.5) is 27.4 Å². The van der Waals surface area contributed by atoms with Crippen molar-refractivity contribution in [2.24, 2.45) is 0 Å². The zero-order valence-electron chi connectivity index (χ0n) is 11.7. The van der Waals surface area contributed by atoms with E-state index in [1.807, 2.05) is 0 Å². The van der Waals surface area contributed by atoms with E-state index in [0.717, 1.165) is 31.7 Å². The molecule has 0 atom stereocenters. The molecule has 110 valence electrons. The minimum Gasteiger partial charge on any atom is -0.393 e. The van der Waals surface area contributed by atoms with Gasteiger partial charge in [-0.15, -0.1) is 0 Å². The lowest BCUT2D eigenvalue weighted by Gasteiger charge is -2.28. The van der Waals surface area contributed by atoms with Crippen LogP contribution in [0.3, 0.4) is 0 Å². The van der Waals surface area contributed by atoms with Gasteiger partial charge in [-0.1, -0.05) is 12.1 Å². The zero-order valence-corrected chi connectivity index (χ0v) is 11.7. The number of piperidine rings is 1. The van der Waals surface area contributed by atoms with Crippen LogP contribution < -0.4 is 16.0 Å². The monoisotopic (exact) mass is 287 g/mol. The Bertz CT molecular complexity index is 625. The Labute approximate surface area is 123 Å². The second kappa shape index (κ2) is 5.95. The molecule has 1 fully saturated rings. The summed E-state index contributed by atoms with van der Waals surface area (Å²) in [6, 6.07) is 6.44. The number of halogens is 1.